The molecule has 3 aliphatic rings. The topological polar surface area (TPSA) is 60.9 Å². The average Bonchev–Trinajstić information content (AvgIpc) is 3.35. The zero-order valence-electron chi connectivity index (χ0n) is 18.4. The Bertz CT molecular complexity index is 1050. The van der Waals surface area contributed by atoms with Crippen LogP contribution in [-0.4, -0.2) is 61.1 Å². The van der Waals surface area contributed by atoms with Crippen LogP contribution in [-0.2, 0) is 10.0 Å². The van der Waals surface area contributed by atoms with Crippen molar-refractivity contribution in [3.63, 3.8) is 0 Å². The molecule has 1 aliphatic carbocycles. The number of sulfonamides is 1. The first-order valence-electron chi connectivity index (χ1n) is 11.8. The van der Waals surface area contributed by atoms with Crippen LogP contribution >= 0.6 is 11.3 Å². The molecule has 7 heteroatoms. The van der Waals surface area contributed by atoms with Gasteiger partial charge in [-0.1, -0.05) is 36.4 Å². The summed E-state index contributed by atoms with van der Waals surface area (Å²) in [4.78, 5) is 2.33. The molecule has 0 spiro atoms. The molecule has 32 heavy (non-hydrogen) atoms. The first kappa shape index (κ1) is 22.3. The summed E-state index contributed by atoms with van der Waals surface area (Å²) in [6.07, 6.45) is 9.01. The standard InChI is InChI=1S/C25H32N2O3S2/c28-18-23-25(21-12-10-20(11-13-21)19-7-2-1-3-8-19)22-17-26(14-4-5-15-27(22)23)32(29,30)24-9-6-16-31-24/h6-7,9-13,16,22-23,25,28H,1-5,8,14-15,17-18H2/t22-,23-,25-/m1/s1. The van der Waals surface area contributed by atoms with Crippen molar-refractivity contribution >= 4 is 26.9 Å². The highest BCUT2D eigenvalue weighted by Crippen LogP contribution is 2.43. The summed E-state index contributed by atoms with van der Waals surface area (Å²) in [5.41, 5.74) is 3.94. The number of benzene rings is 1. The average molecular weight is 473 g/mol. The van der Waals surface area contributed by atoms with E-state index in [0.717, 1.165) is 32.2 Å². The third-order valence-electron chi connectivity index (χ3n) is 7.38. The Labute approximate surface area is 195 Å². The van der Waals surface area contributed by atoms with E-state index in [0.29, 0.717) is 17.3 Å². The van der Waals surface area contributed by atoms with Gasteiger partial charge in [-0.3, -0.25) is 4.90 Å². The van der Waals surface area contributed by atoms with Gasteiger partial charge in [0.05, 0.1) is 6.61 Å². The smallest absolute Gasteiger partial charge is 0.252 e. The van der Waals surface area contributed by atoms with Gasteiger partial charge in [-0.2, -0.15) is 4.31 Å². The maximum Gasteiger partial charge on any atom is 0.252 e. The van der Waals surface area contributed by atoms with E-state index in [4.69, 9.17) is 0 Å². The van der Waals surface area contributed by atoms with Crippen LogP contribution in [0.2, 0.25) is 0 Å². The predicted molar refractivity (Wildman–Crippen MR) is 129 cm³/mol. The molecule has 5 nitrogen and oxygen atoms in total. The molecule has 0 radical (unpaired) electrons. The van der Waals surface area contributed by atoms with Crippen molar-refractivity contribution in [1.29, 1.82) is 0 Å². The number of aliphatic hydroxyl groups is 1. The Morgan fingerprint density at radius 1 is 1.03 bits per heavy atom. The van der Waals surface area contributed by atoms with E-state index in [2.05, 4.69) is 35.2 Å². The van der Waals surface area contributed by atoms with Crippen LogP contribution in [0.1, 0.15) is 55.6 Å². The molecule has 2 aliphatic heterocycles. The van der Waals surface area contributed by atoms with Crippen LogP contribution in [0.15, 0.2) is 52.1 Å². The number of thiophene rings is 1. The minimum absolute atomic E-state index is 0.0594. The lowest BCUT2D eigenvalue weighted by atomic mass is 9.74. The lowest BCUT2D eigenvalue weighted by molar-refractivity contribution is -0.0553. The fraction of sp³-hybridized carbons (Fsp3) is 0.520. The highest BCUT2D eigenvalue weighted by atomic mass is 32.2. The van der Waals surface area contributed by atoms with Gasteiger partial charge in [0.1, 0.15) is 4.21 Å². The molecule has 5 rings (SSSR count). The summed E-state index contributed by atoms with van der Waals surface area (Å²) in [5, 5.41) is 12.0. The molecule has 1 aromatic carbocycles. The Morgan fingerprint density at radius 2 is 1.84 bits per heavy atom. The molecular weight excluding hydrogens is 440 g/mol. The number of fused-ring (bicyclic) bond motifs is 1. The van der Waals surface area contributed by atoms with Crippen molar-refractivity contribution in [3.05, 3.63) is 59.0 Å². The van der Waals surface area contributed by atoms with E-state index in [1.54, 1.807) is 16.4 Å². The van der Waals surface area contributed by atoms with Gasteiger partial charge in [-0.25, -0.2) is 8.42 Å². The number of allylic oxidation sites excluding steroid dienone is 2. The molecule has 0 bridgehead atoms. The second-order valence-electron chi connectivity index (χ2n) is 9.18. The Morgan fingerprint density at radius 3 is 2.53 bits per heavy atom. The molecule has 0 unspecified atom stereocenters. The SMILES string of the molecule is O=S(=O)(c1cccs1)N1CCCCN2[C@H](CO)[C@H](c3ccc(C4=CCCCC4)cc3)[C@H]2C1. The van der Waals surface area contributed by atoms with Gasteiger partial charge in [-0.15, -0.1) is 11.3 Å². The van der Waals surface area contributed by atoms with Crippen LogP contribution in [0.5, 0.6) is 0 Å². The summed E-state index contributed by atoms with van der Waals surface area (Å²) < 4.78 is 28.6. The van der Waals surface area contributed by atoms with E-state index < -0.39 is 10.0 Å². The van der Waals surface area contributed by atoms with E-state index >= 15 is 0 Å². The number of aliphatic hydroxyl groups excluding tert-OH is 1. The first-order valence-corrected chi connectivity index (χ1v) is 14.1. The third kappa shape index (κ3) is 4.10. The quantitative estimate of drug-likeness (QED) is 0.704. The van der Waals surface area contributed by atoms with Crippen molar-refractivity contribution in [3.8, 4) is 0 Å². The summed E-state index contributed by atoms with van der Waals surface area (Å²) in [6, 6.07) is 12.5. The molecule has 2 fully saturated rings. The minimum atomic E-state index is -3.48. The zero-order valence-corrected chi connectivity index (χ0v) is 20.0. The fourth-order valence-electron chi connectivity index (χ4n) is 5.68. The van der Waals surface area contributed by atoms with Crippen LogP contribution in [0.3, 0.4) is 0 Å². The van der Waals surface area contributed by atoms with Gasteiger partial charge in [0, 0.05) is 31.1 Å². The summed E-state index contributed by atoms with van der Waals surface area (Å²) in [7, 11) is -3.48. The van der Waals surface area contributed by atoms with Crippen LogP contribution in [0, 0.1) is 0 Å². The molecule has 1 aromatic heterocycles. The Hall–Kier alpha value is -1.51. The highest BCUT2D eigenvalue weighted by molar-refractivity contribution is 7.91. The molecule has 2 saturated heterocycles. The fourth-order valence-corrected chi connectivity index (χ4v) is 8.33. The maximum atomic E-state index is 13.3. The Balaban J connectivity index is 1.40. The van der Waals surface area contributed by atoms with Gasteiger partial charge in [0.25, 0.3) is 10.0 Å². The van der Waals surface area contributed by atoms with Crippen molar-refractivity contribution in [2.24, 2.45) is 0 Å². The molecule has 3 heterocycles. The lowest BCUT2D eigenvalue weighted by Gasteiger charge is -2.57. The van der Waals surface area contributed by atoms with Crippen molar-refractivity contribution in [2.45, 2.75) is 60.7 Å². The van der Waals surface area contributed by atoms with Crippen molar-refractivity contribution in [2.75, 3.05) is 26.2 Å². The first-order chi connectivity index (χ1) is 15.6. The molecule has 2 aromatic rings. The van der Waals surface area contributed by atoms with Gasteiger partial charge >= 0.3 is 0 Å². The predicted octanol–water partition coefficient (Wildman–Crippen LogP) is 4.32. The molecule has 0 saturated carbocycles. The van der Waals surface area contributed by atoms with E-state index in [1.807, 2.05) is 5.38 Å². The number of rotatable bonds is 5. The van der Waals surface area contributed by atoms with Crippen LogP contribution in [0.4, 0.5) is 0 Å². The minimum Gasteiger partial charge on any atom is -0.395 e. The van der Waals surface area contributed by atoms with E-state index in [1.165, 1.54) is 40.9 Å². The van der Waals surface area contributed by atoms with Gasteiger partial charge in [-0.05, 0) is 73.2 Å². The number of hydrogen-bond donors (Lipinski definition) is 1. The maximum absolute atomic E-state index is 13.3. The Kier molecular flexibility index (Phi) is 6.54. The molecular formula is C25H32N2O3S2. The second kappa shape index (κ2) is 9.39. The second-order valence-corrected chi connectivity index (χ2v) is 12.3. The monoisotopic (exact) mass is 472 g/mol. The van der Waals surface area contributed by atoms with Crippen molar-refractivity contribution < 1.29 is 13.5 Å². The lowest BCUT2D eigenvalue weighted by Crippen LogP contribution is -2.67. The molecule has 0 amide bonds. The van der Waals surface area contributed by atoms with Gasteiger partial charge in [0.2, 0.25) is 0 Å². The van der Waals surface area contributed by atoms with Gasteiger partial charge < -0.3 is 5.11 Å². The summed E-state index contributed by atoms with van der Waals surface area (Å²) >= 11 is 1.28. The summed E-state index contributed by atoms with van der Waals surface area (Å²) in [6.45, 7) is 2.07. The third-order valence-corrected chi connectivity index (χ3v) is 10.6. The molecule has 1 N–H and O–H groups in total. The summed E-state index contributed by atoms with van der Waals surface area (Å²) in [5.74, 6) is 0.147. The molecule has 3 atom stereocenters. The van der Waals surface area contributed by atoms with E-state index in [-0.39, 0.29) is 24.6 Å². The highest BCUT2D eigenvalue weighted by Gasteiger charge is 2.50. The normalized spacial score (nSPS) is 27.7. The number of hydrogen-bond acceptors (Lipinski definition) is 5. The van der Waals surface area contributed by atoms with Gasteiger partial charge in [0.15, 0.2) is 0 Å². The van der Waals surface area contributed by atoms with Crippen molar-refractivity contribution in [1.82, 2.24) is 9.21 Å². The number of nitrogens with zero attached hydrogens (tertiary/aromatic N) is 2. The zero-order chi connectivity index (χ0) is 22.1. The molecule has 172 valence electrons. The largest absolute Gasteiger partial charge is 0.395 e. The van der Waals surface area contributed by atoms with E-state index in [9.17, 15) is 13.5 Å². The van der Waals surface area contributed by atoms with Crippen LogP contribution in [0.25, 0.3) is 5.57 Å². The van der Waals surface area contributed by atoms with Crippen LogP contribution < -0.4 is 0 Å².